The summed E-state index contributed by atoms with van der Waals surface area (Å²) in [6.07, 6.45) is 6.73. The molecule has 16 nitrogen and oxygen atoms in total. The second kappa shape index (κ2) is 20.4. The van der Waals surface area contributed by atoms with Crippen molar-refractivity contribution < 1.29 is 39.2 Å². The van der Waals surface area contributed by atoms with Gasteiger partial charge in [0, 0.05) is 24.3 Å². The van der Waals surface area contributed by atoms with Gasteiger partial charge in [-0.25, -0.2) is 14.8 Å². The Labute approximate surface area is 359 Å². The fraction of sp³-hybridized carbons (Fsp3) is 0.452. The maximum atomic E-state index is 13.8. The van der Waals surface area contributed by atoms with Crippen molar-refractivity contribution >= 4 is 53.8 Å². The van der Waals surface area contributed by atoms with Gasteiger partial charge in [-0.15, -0.1) is 12.6 Å². The van der Waals surface area contributed by atoms with E-state index in [0.29, 0.717) is 31.0 Å². The molecule has 0 bridgehead atoms. The number of nitrogens with zero attached hydrogens (tertiary/aromatic N) is 4. The first-order chi connectivity index (χ1) is 28.3. The maximum Gasteiger partial charge on any atom is 0.407 e. The van der Waals surface area contributed by atoms with E-state index in [1.54, 1.807) is 29.1 Å². The second-order valence-electron chi connectivity index (χ2n) is 15.6. The van der Waals surface area contributed by atoms with Gasteiger partial charge in [-0.2, -0.15) is 16.6 Å². The van der Waals surface area contributed by atoms with Crippen molar-refractivity contribution in [1.29, 1.82) is 5.41 Å². The van der Waals surface area contributed by atoms with Gasteiger partial charge in [0.25, 0.3) is 0 Å². The van der Waals surface area contributed by atoms with Gasteiger partial charge in [0.2, 0.25) is 18.2 Å². The average molecular weight is 863 g/mol. The summed E-state index contributed by atoms with van der Waals surface area (Å²) in [4.78, 5) is 81.4. The molecule has 3 amide bonds. The number of alkyl carbamates (subject to hydrolysis) is 1. The molecular weight excluding hydrogens is 809 g/mol. The highest BCUT2D eigenvalue weighted by molar-refractivity contribution is 7.99. The number of aromatic amines is 2. The minimum atomic E-state index is -0.720. The molecule has 4 heterocycles. The minimum Gasteiger partial charge on any atom is -0.453 e. The van der Waals surface area contributed by atoms with Crippen LogP contribution < -0.4 is 5.32 Å². The van der Waals surface area contributed by atoms with Crippen LogP contribution in [0.15, 0.2) is 60.9 Å². The summed E-state index contributed by atoms with van der Waals surface area (Å²) in [5.41, 5.74) is 5.52. The van der Waals surface area contributed by atoms with Crippen LogP contribution in [0, 0.1) is 29.1 Å². The molecule has 0 unspecified atom stereocenters. The zero-order chi connectivity index (χ0) is 42.4. The van der Waals surface area contributed by atoms with Crippen LogP contribution in [-0.4, -0.2) is 109 Å². The molecule has 6 atom stereocenters. The highest BCUT2D eigenvalue weighted by Gasteiger charge is 2.43. The molecule has 0 spiro atoms. The molecule has 2 aliphatic rings. The summed E-state index contributed by atoms with van der Waals surface area (Å²) in [7, 11) is 1.29. The van der Waals surface area contributed by atoms with Gasteiger partial charge in [0.15, 0.2) is 5.12 Å². The van der Waals surface area contributed by atoms with Crippen LogP contribution in [-0.2, 0) is 28.9 Å². The lowest BCUT2D eigenvalue weighted by atomic mass is 9.95. The molecule has 0 saturated carbocycles. The summed E-state index contributed by atoms with van der Waals surface area (Å²) in [6.45, 7) is 8.37. The number of ether oxygens (including phenoxy) is 1. The van der Waals surface area contributed by atoms with E-state index in [-0.39, 0.29) is 58.7 Å². The van der Waals surface area contributed by atoms with Gasteiger partial charge >= 0.3 is 6.09 Å². The van der Waals surface area contributed by atoms with Crippen LogP contribution in [0.4, 0.5) is 4.79 Å². The Balaban J connectivity index is 0.00000683. The number of benzene rings is 2. The van der Waals surface area contributed by atoms with Crippen LogP contribution >= 0.6 is 24.4 Å². The lowest BCUT2D eigenvalue weighted by Gasteiger charge is -2.30. The number of hydrogen-bond donors (Lipinski definition) is 5. The zero-order valence-electron chi connectivity index (χ0n) is 34.5. The van der Waals surface area contributed by atoms with Crippen molar-refractivity contribution in [2.45, 2.75) is 63.9 Å². The zero-order valence-corrected chi connectivity index (χ0v) is 36.2. The Kier molecular flexibility index (Phi) is 15.6. The number of aromatic nitrogens is 4. The fourth-order valence-corrected chi connectivity index (χ4v) is 8.64. The molecule has 322 valence electrons. The minimum absolute atomic E-state index is 0. The number of imidazole rings is 2. The quantitative estimate of drug-likeness (QED) is 0.0225. The number of nitrogens with one attached hydrogen (secondary N) is 4. The van der Waals surface area contributed by atoms with E-state index in [4.69, 9.17) is 20.0 Å². The molecule has 4 aromatic rings. The number of thiol groups is 1. The molecular formula is C42H54N8O8S2. The normalized spacial score (nSPS) is 19.8. The summed E-state index contributed by atoms with van der Waals surface area (Å²) in [6, 6.07) is 14.8. The number of H-pyrrole nitrogens is 2. The number of likely N-dealkylation sites (tertiary alicyclic amines) is 2. The Bertz CT molecular complexity index is 2110. The van der Waals surface area contributed by atoms with Crippen molar-refractivity contribution in [2.24, 2.45) is 23.7 Å². The Morgan fingerprint density at radius 1 is 0.850 bits per heavy atom. The first-order valence-electron chi connectivity index (χ1n) is 19.6. The standard InChI is InChI=1S/C42H52N8O7S2.H2O/c1-23(2)31(21-56-57-22-43)39(51)49-19-29(41(53)58)15-34(49)37-44-17-32(46-37)27-11-7-25(8-12-27)26-9-13-28(14-10-26)33-18-45-38(47-33)35-16-30(59-6)20-50(35)40(52)36(24(3)4)48-42(54)55-5;/h7-14,17-18,22-24,29-31,34-36,43H,15-16,19-21H2,1-6H3,(H,44,46)(H,45,47)(H,48,54)(H,53,58);1H2/t29-,30-,31-,34-,35-,36-;/m0./s1. The summed E-state index contributed by atoms with van der Waals surface area (Å²) < 4.78 is 4.79. The predicted molar refractivity (Wildman–Crippen MR) is 232 cm³/mol. The van der Waals surface area contributed by atoms with E-state index in [2.05, 4.69) is 49.9 Å². The smallest absolute Gasteiger partial charge is 0.407 e. The van der Waals surface area contributed by atoms with E-state index < -0.39 is 30.0 Å². The van der Waals surface area contributed by atoms with Gasteiger partial charge in [0.05, 0.1) is 48.9 Å². The van der Waals surface area contributed by atoms with Crippen LogP contribution in [0.3, 0.4) is 0 Å². The number of carbonyl (C=O) groups excluding carboxylic acids is 4. The maximum absolute atomic E-state index is 13.8. The average Bonchev–Trinajstić information content (AvgIpc) is 4.07. The summed E-state index contributed by atoms with van der Waals surface area (Å²) >= 11 is 5.80. The lowest BCUT2D eigenvalue weighted by Crippen LogP contribution is -2.51. The fourth-order valence-electron chi connectivity index (χ4n) is 7.77. The molecule has 60 heavy (non-hydrogen) atoms. The SMILES string of the molecule is COC(=O)N[C@H](C(=O)N1C[C@@H](SC)C[C@H]1c1ncc(-c2ccc(-c3ccc(-c4cnc([C@@H]5C[C@H](C(=O)S)CN5C(=O)[C@@H](COOC=N)C(C)C)[nH]4)cc3)cc2)[nH]1)C(C)C.O. The lowest BCUT2D eigenvalue weighted by molar-refractivity contribution is -0.229. The first-order valence-corrected chi connectivity index (χ1v) is 21.4. The third-order valence-electron chi connectivity index (χ3n) is 11.2. The Hall–Kier alpha value is -5.17. The monoisotopic (exact) mass is 862 g/mol. The number of amides is 3. The first kappa shape index (κ1) is 45.9. The van der Waals surface area contributed by atoms with Crippen molar-refractivity contribution in [3.8, 4) is 33.6 Å². The highest BCUT2D eigenvalue weighted by atomic mass is 32.2. The highest BCUT2D eigenvalue weighted by Crippen LogP contribution is 2.39. The van der Waals surface area contributed by atoms with Gasteiger partial charge in [-0.1, -0.05) is 76.2 Å². The van der Waals surface area contributed by atoms with Gasteiger partial charge in [-0.3, -0.25) is 19.8 Å². The molecule has 0 radical (unpaired) electrons. The van der Waals surface area contributed by atoms with Gasteiger partial charge in [0.1, 0.15) is 24.3 Å². The topological polar surface area (TPSA) is 227 Å². The molecule has 18 heteroatoms. The predicted octanol–water partition coefficient (Wildman–Crippen LogP) is 5.87. The summed E-state index contributed by atoms with van der Waals surface area (Å²) in [5.74, 6) is -0.245. The van der Waals surface area contributed by atoms with Gasteiger partial charge < -0.3 is 40.2 Å². The number of rotatable bonds is 16. The Morgan fingerprint density at radius 2 is 1.37 bits per heavy atom. The molecule has 0 aliphatic carbocycles. The van der Waals surface area contributed by atoms with E-state index >= 15 is 0 Å². The number of carbonyl (C=O) groups is 4. The second-order valence-corrected chi connectivity index (χ2v) is 17.2. The molecule has 6 rings (SSSR count). The van der Waals surface area contributed by atoms with Crippen molar-refractivity contribution in [3.63, 3.8) is 0 Å². The molecule has 2 aromatic heterocycles. The third kappa shape index (κ3) is 10.2. The van der Waals surface area contributed by atoms with Crippen LogP contribution in [0.5, 0.6) is 0 Å². The van der Waals surface area contributed by atoms with Crippen molar-refractivity contribution in [1.82, 2.24) is 35.1 Å². The summed E-state index contributed by atoms with van der Waals surface area (Å²) in [5, 5.41) is 9.71. The molecule has 2 aliphatic heterocycles. The molecule has 2 fully saturated rings. The number of thioether (sulfide) groups is 1. The van der Waals surface area contributed by atoms with E-state index in [9.17, 15) is 19.2 Å². The van der Waals surface area contributed by atoms with Crippen molar-refractivity contribution in [3.05, 3.63) is 72.6 Å². The van der Waals surface area contributed by atoms with Crippen molar-refractivity contribution in [2.75, 3.05) is 33.1 Å². The third-order valence-corrected chi connectivity index (χ3v) is 12.6. The van der Waals surface area contributed by atoms with Crippen LogP contribution in [0.2, 0.25) is 0 Å². The molecule has 2 aromatic carbocycles. The van der Waals surface area contributed by atoms with E-state index in [1.165, 1.54) is 7.11 Å². The molecule has 6 N–H and O–H groups in total. The molecule has 2 saturated heterocycles. The number of hydrogen-bond acceptors (Lipinski definition) is 11. The van der Waals surface area contributed by atoms with Gasteiger partial charge in [-0.05, 0) is 53.2 Å². The Morgan fingerprint density at radius 3 is 1.83 bits per heavy atom. The number of methoxy groups -OCH3 is 1. The van der Waals surface area contributed by atoms with Crippen LogP contribution in [0.1, 0.15) is 64.3 Å². The van der Waals surface area contributed by atoms with E-state index in [0.717, 1.165) is 40.1 Å². The van der Waals surface area contributed by atoms with E-state index in [1.807, 2.05) is 75.2 Å². The largest absolute Gasteiger partial charge is 0.453 e. The van der Waals surface area contributed by atoms with Crippen LogP contribution in [0.25, 0.3) is 33.6 Å².